The summed E-state index contributed by atoms with van der Waals surface area (Å²) in [6, 6.07) is 11.9. The molecule has 0 aliphatic rings. The Morgan fingerprint density at radius 1 is 1.16 bits per heavy atom. The molecular formula is C13H9Cl2NO2S. The molecule has 0 aliphatic heterocycles. The van der Waals surface area contributed by atoms with Crippen LogP contribution in [-0.2, 0) is 5.75 Å². The molecule has 0 aromatic heterocycles. The van der Waals surface area contributed by atoms with Crippen LogP contribution in [0.25, 0.3) is 0 Å². The van der Waals surface area contributed by atoms with Crippen molar-refractivity contribution in [3.05, 3.63) is 68.2 Å². The highest BCUT2D eigenvalue weighted by molar-refractivity contribution is 7.98. The standard InChI is InChI=1S/C13H9Cl2NO2S/c14-10-2-1-3-12(7-10)19-8-9-6-11(16(17)18)4-5-13(9)15/h1-7H,8H2. The highest BCUT2D eigenvalue weighted by Crippen LogP contribution is 2.30. The topological polar surface area (TPSA) is 43.1 Å². The lowest BCUT2D eigenvalue weighted by Crippen LogP contribution is -1.90. The molecule has 0 saturated carbocycles. The number of nitro groups is 1. The fraction of sp³-hybridized carbons (Fsp3) is 0.0769. The van der Waals surface area contributed by atoms with Crippen LogP contribution in [0.4, 0.5) is 5.69 Å². The first-order valence-corrected chi connectivity index (χ1v) is 7.11. The van der Waals surface area contributed by atoms with Gasteiger partial charge in [0.25, 0.3) is 5.69 Å². The predicted molar refractivity (Wildman–Crippen MR) is 79.1 cm³/mol. The van der Waals surface area contributed by atoms with Gasteiger partial charge in [0.2, 0.25) is 0 Å². The van der Waals surface area contributed by atoms with Gasteiger partial charge in [-0.15, -0.1) is 11.8 Å². The first-order chi connectivity index (χ1) is 9.06. The zero-order valence-electron chi connectivity index (χ0n) is 9.68. The summed E-state index contributed by atoms with van der Waals surface area (Å²) in [7, 11) is 0. The monoisotopic (exact) mass is 313 g/mol. The third kappa shape index (κ3) is 3.86. The molecule has 0 aliphatic carbocycles. The summed E-state index contributed by atoms with van der Waals surface area (Å²) in [5, 5.41) is 11.9. The van der Waals surface area contributed by atoms with Crippen molar-refractivity contribution in [3.63, 3.8) is 0 Å². The van der Waals surface area contributed by atoms with E-state index in [0.717, 1.165) is 10.5 Å². The molecule has 2 aromatic rings. The van der Waals surface area contributed by atoms with Crippen molar-refractivity contribution in [2.24, 2.45) is 0 Å². The number of nitrogens with zero attached hydrogens (tertiary/aromatic N) is 1. The Morgan fingerprint density at radius 2 is 1.95 bits per heavy atom. The van der Waals surface area contributed by atoms with Crippen molar-refractivity contribution in [1.82, 2.24) is 0 Å². The Balaban J connectivity index is 2.15. The SMILES string of the molecule is O=[N+]([O-])c1ccc(Cl)c(CSc2cccc(Cl)c2)c1. The van der Waals surface area contributed by atoms with E-state index in [2.05, 4.69) is 0 Å². The quantitative estimate of drug-likeness (QED) is 0.443. The lowest BCUT2D eigenvalue weighted by atomic mass is 10.2. The second-order valence-electron chi connectivity index (χ2n) is 3.78. The maximum absolute atomic E-state index is 10.7. The Kier molecular flexibility index (Phi) is 4.69. The molecule has 2 rings (SSSR count). The van der Waals surface area contributed by atoms with Gasteiger partial charge in [0.15, 0.2) is 0 Å². The minimum absolute atomic E-state index is 0.0473. The number of rotatable bonds is 4. The molecule has 0 amide bonds. The van der Waals surface area contributed by atoms with Crippen molar-refractivity contribution in [1.29, 1.82) is 0 Å². The van der Waals surface area contributed by atoms with Gasteiger partial charge in [0.05, 0.1) is 4.92 Å². The molecule has 6 heteroatoms. The van der Waals surface area contributed by atoms with Crippen LogP contribution >= 0.6 is 35.0 Å². The van der Waals surface area contributed by atoms with Crippen LogP contribution in [0.5, 0.6) is 0 Å². The normalized spacial score (nSPS) is 10.4. The fourth-order valence-electron chi connectivity index (χ4n) is 1.50. The molecule has 0 unspecified atom stereocenters. The van der Waals surface area contributed by atoms with E-state index in [9.17, 15) is 10.1 Å². The second kappa shape index (κ2) is 6.28. The van der Waals surface area contributed by atoms with Gasteiger partial charge in [-0.05, 0) is 29.8 Å². The molecule has 0 saturated heterocycles. The first-order valence-electron chi connectivity index (χ1n) is 5.37. The number of non-ortho nitro benzene ring substituents is 1. The van der Waals surface area contributed by atoms with Gasteiger partial charge in [-0.2, -0.15) is 0 Å². The minimum Gasteiger partial charge on any atom is -0.258 e. The van der Waals surface area contributed by atoms with E-state index >= 15 is 0 Å². The lowest BCUT2D eigenvalue weighted by molar-refractivity contribution is -0.384. The average molecular weight is 314 g/mol. The van der Waals surface area contributed by atoms with Crippen LogP contribution in [-0.4, -0.2) is 4.92 Å². The summed E-state index contributed by atoms with van der Waals surface area (Å²) in [5.74, 6) is 0.556. The first kappa shape index (κ1) is 14.2. The molecule has 98 valence electrons. The predicted octanol–water partition coefficient (Wildman–Crippen LogP) is 5.19. The van der Waals surface area contributed by atoms with Crippen molar-refractivity contribution < 1.29 is 4.92 Å². The molecular weight excluding hydrogens is 305 g/mol. The average Bonchev–Trinajstić information content (AvgIpc) is 2.37. The summed E-state index contributed by atoms with van der Waals surface area (Å²) in [5.41, 5.74) is 0.784. The zero-order valence-corrected chi connectivity index (χ0v) is 12.0. The van der Waals surface area contributed by atoms with Crippen molar-refractivity contribution in [3.8, 4) is 0 Å². The maximum Gasteiger partial charge on any atom is 0.269 e. The molecule has 0 atom stereocenters. The number of benzene rings is 2. The van der Waals surface area contributed by atoms with Crippen LogP contribution in [0.3, 0.4) is 0 Å². The summed E-state index contributed by atoms with van der Waals surface area (Å²) >= 11 is 13.5. The van der Waals surface area contributed by atoms with Gasteiger partial charge >= 0.3 is 0 Å². The van der Waals surface area contributed by atoms with Gasteiger partial charge in [-0.25, -0.2) is 0 Å². The third-order valence-corrected chi connectivity index (χ3v) is 4.08. The Morgan fingerprint density at radius 3 is 2.63 bits per heavy atom. The summed E-state index contributed by atoms with van der Waals surface area (Å²) in [6.07, 6.45) is 0. The van der Waals surface area contributed by atoms with Crippen LogP contribution < -0.4 is 0 Å². The van der Waals surface area contributed by atoms with E-state index in [4.69, 9.17) is 23.2 Å². The molecule has 0 bridgehead atoms. The van der Waals surface area contributed by atoms with E-state index in [0.29, 0.717) is 15.8 Å². The van der Waals surface area contributed by atoms with Crippen LogP contribution in [0.15, 0.2) is 47.4 Å². The number of nitro benzene ring substituents is 1. The van der Waals surface area contributed by atoms with Crippen molar-refractivity contribution in [2.75, 3.05) is 0 Å². The highest BCUT2D eigenvalue weighted by atomic mass is 35.5. The molecule has 2 aromatic carbocycles. The molecule has 0 radical (unpaired) electrons. The second-order valence-corrected chi connectivity index (χ2v) is 5.67. The van der Waals surface area contributed by atoms with Crippen molar-refractivity contribution >= 4 is 40.7 Å². The molecule has 19 heavy (non-hydrogen) atoms. The molecule has 0 N–H and O–H groups in total. The highest BCUT2D eigenvalue weighted by Gasteiger charge is 2.10. The Hall–Kier alpha value is -1.23. The van der Waals surface area contributed by atoms with Crippen LogP contribution in [0.2, 0.25) is 10.0 Å². The zero-order chi connectivity index (χ0) is 13.8. The minimum atomic E-state index is -0.427. The van der Waals surface area contributed by atoms with E-state index in [1.807, 2.05) is 18.2 Å². The molecule has 0 fully saturated rings. The summed E-state index contributed by atoms with van der Waals surface area (Å²) < 4.78 is 0. The Bertz CT molecular complexity index is 619. The fourth-order valence-corrected chi connectivity index (χ4v) is 2.97. The number of hydrogen-bond donors (Lipinski definition) is 0. The van der Waals surface area contributed by atoms with Gasteiger partial charge in [0.1, 0.15) is 0 Å². The third-order valence-electron chi connectivity index (χ3n) is 2.43. The molecule has 0 heterocycles. The number of hydrogen-bond acceptors (Lipinski definition) is 3. The van der Waals surface area contributed by atoms with Gasteiger partial charge in [0, 0.05) is 32.8 Å². The van der Waals surface area contributed by atoms with Crippen molar-refractivity contribution in [2.45, 2.75) is 10.6 Å². The van der Waals surface area contributed by atoms with Gasteiger partial charge in [-0.1, -0.05) is 29.3 Å². The molecule has 0 spiro atoms. The van der Waals surface area contributed by atoms with Crippen LogP contribution in [0.1, 0.15) is 5.56 Å². The molecule has 3 nitrogen and oxygen atoms in total. The van der Waals surface area contributed by atoms with E-state index < -0.39 is 4.92 Å². The van der Waals surface area contributed by atoms with Gasteiger partial charge < -0.3 is 0 Å². The lowest BCUT2D eigenvalue weighted by Gasteiger charge is -2.05. The largest absolute Gasteiger partial charge is 0.269 e. The number of thioether (sulfide) groups is 1. The van der Waals surface area contributed by atoms with E-state index in [1.54, 1.807) is 12.1 Å². The van der Waals surface area contributed by atoms with E-state index in [1.165, 1.54) is 23.9 Å². The summed E-state index contributed by atoms with van der Waals surface area (Å²) in [4.78, 5) is 11.3. The summed E-state index contributed by atoms with van der Waals surface area (Å²) in [6.45, 7) is 0. The van der Waals surface area contributed by atoms with Crippen LogP contribution in [0, 0.1) is 10.1 Å². The maximum atomic E-state index is 10.7. The van der Waals surface area contributed by atoms with Gasteiger partial charge in [-0.3, -0.25) is 10.1 Å². The smallest absolute Gasteiger partial charge is 0.258 e. The Labute approximate surface area is 124 Å². The number of halogens is 2. The van der Waals surface area contributed by atoms with E-state index in [-0.39, 0.29) is 5.69 Å².